The van der Waals surface area contributed by atoms with Crippen molar-refractivity contribution in [1.29, 1.82) is 0 Å². The van der Waals surface area contributed by atoms with Crippen LogP contribution in [0.5, 0.6) is 0 Å². The second kappa shape index (κ2) is 9.19. The van der Waals surface area contributed by atoms with Gasteiger partial charge in [0.1, 0.15) is 0 Å². The predicted octanol–water partition coefficient (Wildman–Crippen LogP) is 2.44. The first kappa shape index (κ1) is 16.5. The van der Waals surface area contributed by atoms with Gasteiger partial charge in [-0.15, -0.1) is 0 Å². The number of aliphatic hydroxyl groups is 1. The molecule has 0 spiro atoms. The molecule has 21 heavy (non-hydrogen) atoms. The van der Waals surface area contributed by atoms with Crippen LogP contribution in [-0.4, -0.2) is 48.3 Å². The molecule has 0 aliphatic carbocycles. The largest absolute Gasteiger partial charge is 0.395 e. The molecule has 1 aromatic carbocycles. The Morgan fingerprint density at radius 1 is 1.24 bits per heavy atom. The minimum atomic E-state index is 0.176. The third-order valence-electron chi connectivity index (χ3n) is 4.38. The molecule has 2 N–H and O–H groups in total. The van der Waals surface area contributed by atoms with Crippen LogP contribution in [0.2, 0.25) is 0 Å². The fourth-order valence-corrected chi connectivity index (χ4v) is 3.27. The lowest BCUT2D eigenvalue weighted by Gasteiger charge is -2.24. The van der Waals surface area contributed by atoms with Gasteiger partial charge in [-0.3, -0.25) is 0 Å². The number of rotatable bonds is 7. The highest BCUT2D eigenvalue weighted by atomic mass is 16.3. The Morgan fingerprint density at radius 2 is 2.05 bits per heavy atom. The summed E-state index contributed by atoms with van der Waals surface area (Å²) in [6.45, 7) is 6.11. The zero-order valence-electron chi connectivity index (χ0n) is 13.3. The van der Waals surface area contributed by atoms with E-state index < -0.39 is 0 Å². The summed E-state index contributed by atoms with van der Waals surface area (Å²) >= 11 is 0. The average Bonchev–Trinajstić information content (AvgIpc) is 2.73. The summed E-state index contributed by atoms with van der Waals surface area (Å²) in [6.07, 6.45) is 5.84. The lowest BCUT2D eigenvalue weighted by molar-refractivity contribution is 0.224. The summed E-state index contributed by atoms with van der Waals surface area (Å²) in [6, 6.07) is 11.2. The molecule has 2 rings (SSSR count). The monoisotopic (exact) mass is 290 g/mol. The van der Waals surface area contributed by atoms with Crippen molar-refractivity contribution in [3.63, 3.8) is 0 Å². The van der Waals surface area contributed by atoms with Gasteiger partial charge in [-0.1, -0.05) is 37.3 Å². The minimum Gasteiger partial charge on any atom is -0.395 e. The van der Waals surface area contributed by atoms with Gasteiger partial charge in [-0.2, -0.15) is 0 Å². The second-order valence-electron chi connectivity index (χ2n) is 6.21. The standard InChI is InChI=1S/C18H30N2O/c1-2-11-20-12-6-9-17(10-13-20)19-18(15-21)14-16-7-4-3-5-8-16/h3-5,7-8,17-19,21H,2,6,9-15H2,1H3. The summed E-state index contributed by atoms with van der Waals surface area (Å²) < 4.78 is 0. The van der Waals surface area contributed by atoms with Gasteiger partial charge in [0.25, 0.3) is 0 Å². The maximum atomic E-state index is 9.65. The van der Waals surface area contributed by atoms with Crippen LogP contribution in [0.4, 0.5) is 0 Å². The molecule has 1 aliphatic rings. The number of hydrogen-bond donors (Lipinski definition) is 2. The van der Waals surface area contributed by atoms with Gasteiger partial charge in [0.05, 0.1) is 6.61 Å². The van der Waals surface area contributed by atoms with Crippen LogP contribution in [0.3, 0.4) is 0 Å². The molecule has 1 heterocycles. The molecule has 0 aromatic heterocycles. The van der Waals surface area contributed by atoms with E-state index in [0.717, 1.165) is 6.42 Å². The third kappa shape index (κ3) is 5.77. The van der Waals surface area contributed by atoms with Crippen molar-refractivity contribution in [2.24, 2.45) is 0 Å². The summed E-state index contributed by atoms with van der Waals surface area (Å²) in [5.41, 5.74) is 1.30. The van der Waals surface area contributed by atoms with E-state index in [4.69, 9.17) is 0 Å². The Morgan fingerprint density at radius 3 is 2.76 bits per heavy atom. The molecule has 0 radical (unpaired) electrons. The van der Waals surface area contributed by atoms with E-state index in [-0.39, 0.29) is 12.6 Å². The molecule has 1 aliphatic heterocycles. The van der Waals surface area contributed by atoms with Gasteiger partial charge in [-0.05, 0) is 57.3 Å². The number of benzene rings is 1. The molecular weight excluding hydrogens is 260 g/mol. The lowest BCUT2D eigenvalue weighted by Crippen LogP contribution is -2.42. The van der Waals surface area contributed by atoms with Crippen LogP contribution >= 0.6 is 0 Å². The molecule has 3 nitrogen and oxygen atoms in total. The first-order valence-corrected chi connectivity index (χ1v) is 8.45. The number of aliphatic hydroxyl groups excluding tert-OH is 1. The Labute approximate surface area is 129 Å². The number of hydrogen-bond acceptors (Lipinski definition) is 3. The van der Waals surface area contributed by atoms with Crippen molar-refractivity contribution in [2.45, 2.75) is 51.1 Å². The van der Waals surface area contributed by atoms with E-state index in [2.05, 4.69) is 41.4 Å². The van der Waals surface area contributed by atoms with E-state index >= 15 is 0 Å². The fourth-order valence-electron chi connectivity index (χ4n) is 3.27. The number of nitrogens with zero attached hydrogens (tertiary/aromatic N) is 1. The minimum absolute atomic E-state index is 0.176. The van der Waals surface area contributed by atoms with Crippen molar-refractivity contribution >= 4 is 0 Å². The predicted molar refractivity (Wildman–Crippen MR) is 88.5 cm³/mol. The highest BCUT2D eigenvalue weighted by Crippen LogP contribution is 2.13. The molecule has 0 saturated carbocycles. The van der Waals surface area contributed by atoms with Crippen LogP contribution in [0, 0.1) is 0 Å². The van der Waals surface area contributed by atoms with E-state index in [1.165, 1.54) is 50.9 Å². The van der Waals surface area contributed by atoms with Crippen LogP contribution in [0.25, 0.3) is 0 Å². The Kier molecular flexibility index (Phi) is 7.20. The van der Waals surface area contributed by atoms with E-state index in [0.29, 0.717) is 6.04 Å². The summed E-state index contributed by atoms with van der Waals surface area (Å²) in [7, 11) is 0. The highest BCUT2D eigenvalue weighted by Gasteiger charge is 2.19. The first-order valence-electron chi connectivity index (χ1n) is 8.45. The van der Waals surface area contributed by atoms with Crippen molar-refractivity contribution in [3.8, 4) is 0 Å². The summed E-state index contributed by atoms with van der Waals surface area (Å²) in [5.74, 6) is 0. The van der Waals surface area contributed by atoms with Crippen molar-refractivity contribution in [3.05, 3.63) is 35.9 Å². The van der Waals surface area contributed by atoms with Gasteiger partial charge in [0.15, 0.2) is 0 Å². The first-order chi connectivity index (χ1) is 10.3. The lowest BCUT2D eigenvalue weighted by atomic mass is 10.0. The zero-order valence-corrected chi connectivity index (χ0v) is 13.3. The Balaban J connectivity index is 1.81. The SMILES string of the molecule is CCCN1CCCC(NC(CO)Cc2ccccc2)CC1. The average molecular weight is 290 g/mol. The van der Waals surface area contributed by atoms with Crippen molar-refractivity contribution < 1.29 is 5.11 Å². The van der Waals surface area contributed by atoms with E-state index in [1.54, 1.807) is 0 Å². The molecule has 1 fully saturated rings. The van der Waals surface area contributed by atoms with Crippen LogP contribution < -0.4 is 5.32 Å². The Bertz CT molecular complexity index is 382. The van der Waals surface area contributed by atoms with Crippen LogP contribution in [0.15, 0.2) is 30.3 Å². The van der Waals surface area contributed by atoms with Crippen LogP contribution in [-0.2, 0) is 6.42 Å². The third-order valence-corrected chi connectivity index (χ3v) is 4.38. The second-order valence-corrected chi connectivity index (χ2v) is 6.21. The molecule has 0 bridgehead atoms. The zero-order chi connectivity index (χ0) is 14.9. The molecule has 1 aromatic rings. The number of nitrogens with one attached hydrogen (secondary N) is 1. The Hall–Kier alpha value is -0.900. The molecule has 1 saturated heterocycles. The molecular formula is C18H30N2O. The molecule has 3 heteroatoms. The van der Waals surface area contributed by atoms with E-state index in [1.807, 2.05) is 6.07 Å². The number of likely N-dealkylation sites (tertiary alicyclic amines) is 1. The van der Waals surface area contributed by atoms with Gasteiger partial charge < -0.3 is 15.3 Å². The van der Waals surface area contributed by atoms with Gasteiger partial charge in [0.2, 0.25) is 0 Å². The highest BCUT2D eigenvalue weighted by molar-refractivity contribution is 5.16. The van der Waals surface area contributed by atoms with Crippen molar-refractivity contribution in [2.75, 3.05) is 26.2 Å². The molecule has 118 valence electrons. The normalized spacial score (nSPS) is 21.9. The fraction of sp³-hybridized carbons (Fsp3) is 0.667. The van der Waals surface area contributed by atoms with Gasteiger partial charge in [-0.25, -0.2) is 0 Å². The maximum absolute atomic E-state index is 9.65. The van der Waals surface area contributed by atoms with E-state index in [9.17, 15) is 5.11 Å². The summed E-state index contributed by atoms with van der Waals surface area (Å²) in [4.78, 5) is 2.58. The van der Waals surface area contributed by atoms with Crippen LogP contribution in [0.1, 0.15) is 38.2 Å². The summed E-state index contributed by atoms with van der Waals surface area (Å²) in [5, 5.41) is 13.3. The topological polar surface area (TPSA) is 35.5 Å². The molecule has 0 amide bonds. The maximum Gasteiger partial charge on any atom is 0.0587 e. The quantitative estimate of drug-likeness (QED) is 0.809. The molecule has 2 unspecified atom stereocenters. The smallest absolute Gasteiger partial charge is 0.0587 e. The van der Waals surface area contributed by atoms with Gasteiger partial charge in [0, 0.05) is 12.1 Å². The molecule has 2 atom stereocenters. The van der Waals surface area contributed by atoms with Gasteiger partial charge >= 0.3 is 0 Å². The van der Waals surface area contributed by atoms with Crippen molar-refractivity contribution in [1.82, 2.24) is 10.2 Å².